The normalized spacial score (nSPS) is 13.3. The number of rotatable bonds is 4. The Morgan fingerprint density at radius 2 is 2.00 bits per heavy atom. The molecule has 106 valence electrons. The lowest BCUT2D eigenvalue weighted by atomic mass is 10.2. The molecule has 5 heteroatoms. The van der Waals surface area contributed by atoms with Crippen molar-refractivity contribution in [1.29, 1.82) is 0 Å². The zero-order valence-corrected chi connectivity index (χ0v) is 11.8. The molecular formula is C15H19N3O2. The van der Waals surface area contributed by atoms with Crippen molar-refractivity contribution < 1.29 is 9.47 Å². The van der Waals surface area contributed by atoms with E-state index in [-0.39, 0.29) is 0 Å². The first-order valence-corrected chi connectivity index (χ1v) is 6.93. The van der Waals surface area contributed by atoms with Crippen LogP contribution in [0.25, 0.3) is 0 Å². The fourth-order valence-corrected chi connectivity index (χ4v) is 2.36. The minimum atomic E-state index is 0.609. The third-order valence-electron chi connectivity index (χ3n) is 3.30. The lowest BCUT2D eigenvalue weighted by Crippen LogP contribution is -2.15. The second kappa shape index (κ2) is 5.45. The first-order chi connectivity index (χ1) is 9.76. The number of nitrogens with one attached hydrogen (secondary N) is 1. The van der Waals surface area contributed by atoms with E-state index in [0.29, 0.717) is 13.2 Å². The van der Waals surface area contributed by atoms with Crippen LogP contribution >= 0.6 is 0 Å². The van der Waals surface area contributed by atoms with Gasteiger partial charge in [0.15, 0.2) is 11.5 Å². The molecule has 1 aliphatic heterocycles. The highest BCUT2D eigenvalue weighted by atomic mass is 16.6. The summed E-state index contributed by atoms with van der Waals surface area (Å²) in [6, 6.07) is 8.04. The van der Waals surface area contributed by atoms with Gasteiger partial charge in [0.25, 0.3) is 0 Å². The molecule has 0 unspecified atom stereocenters. The van der Waals surface area contributed by atoms with Crippen LogP contribution in [-0.2, 0) is 13.1 Å². The smallest absolute Gasteiger partial charge is 0.163 e. The van der Waals surface area contributed by atoms with Gasteiger partial charge >= 0.3 is 0 Å². The number of ether oxygens (including phenoxy) is 2. The molecule has 2 aromatic rings. The molecule has 0 fully saturated rings. The average Bonchev–Trinajstić information content (AvgIpc) is 2.85. The summed E-state index contributed by atoms with van der Waals surface area (Å²) >= 11 is 0. The van der Waals surface area contributed by atoms with E-state index in [1.54, 1.807) is 0 Å². The number of nitrogens with zero attached hydrogens (tertiary/aromatic N) is 2. The molecule has 1 aromatic carbocycles. The van der Waals surface area contributed by atoms with Crippen molar-refractivity contribution in [2.75, 3.05) is 18.5 Å². The standard InChI is InChI=1S/C15H19N3O2/c1-3-18-13(8-11(2)17-18)10-16-12-4-5-14-15(9-12)20-7-6-19-14/h4-5,8-9,16H,3,6-7,10H2,1-2H3. The summed E-state index contributed by atoms with van der Waals surface area (Å²) in [5.74, 6) is 1.62. The van der Waals surface area contributed by atoms with Gasteiger partial charge in [0.2, 0.25) is 0 Å². The quantitative estimate of drug-likeness (QED) is 0.930. The van der Waals surface area contributed by atoms with Gasteiger partial charge < -0.3 is 14.8 Å². The van der Waals surface area contributed by atoms with E-state index in [1.165, 1.54) is 5.69 Å². The monoisotopic (exact) mass is 273 g/mol. The van der Waals surface area contributed by atoms with Gasteiger partial charge in [-0.25, -0.2) is 0 Å². The van der Waals surface area contributed by atoms with E-state index in [1.807, 2.05) is 29.8 Å². The Kier molecular flexibility index (Phi) is 3.50. The van der Waals surface area contributed by atoms with E-state index in [9.17, 15) is 0 Å². The molecule has 0 amide bonds. The average molecular weight is 273 g/mol. The number of aryl methyl sites for hydroxylation is 2. The van der Waals surface area contributed by atoms with Crippen molar-refractivity contribution in [3.63, 3.8) is 0 Å². The van der Waals surface area contributed by atoms with Gasteiger partial charge in [-0.1, -0.05) is 0 Å². The zero-order chi connectivity index (χ0) is 13.9. The topological polar surface area (TPSA) is 48.3 Å². The van der Waals surface area contributed by atoms with Crippen LogP contribution in [0, 0.1) is 6.92 Å². The lowest BCUT2D eigenvalue weighted by molar-refractivity contribution is 0.171. The van der Waals surface area contributed by atoms with Gasteiger partial charge in [0, 0.05) is 18.3 Å². The van der Waals surface area contributed by atoms with Gasteiger partial charge in [0.05, 0.1) is 17.9 Å². The third kappa shape index (κ3) is 2.57. The molecule has 3 rings (SSSR count). The number of benzene rings is 1. The van der Waals surface area contributed by atoms with Gasteiger partial charge in [-0.05, 0) is 32.0 Å². The molecule has 1 aliphatic rings. The summed E-state index contributed by atoms with van der Waals surface area (Å²) in [4.78, 5) is 0. The maximum atomic E-state index is 5.58. The van der Waals surface area contributed by atoms with Gasteiger partial charge in [-0.2, -0.15) is 5.10 Å². The Morgan fingerprint density at radius 1 is 1.20 bits per heavy atom. The fraction of sp³-hybridized carbons (Fsp3) is 0.400. The van der Waals surface area contributed by atoms with Crippen molar-refractivity contribution in [3.05, 3.63) is 35.7 Å². The Balaban J connectivity index is 1.71. The summed E-state index contributed by atoms with van der Waals surface area (Å²) in [6.07, 6.45) is 0. The predicted octanol–water partition coefficient (Wildman–Crippen LogP) is 2.59. The van der Waals surface area contributed by atoms with Crippen LogP contribution in [0.4, 0.5) is 5.69 Å². The van der Waals surface area contributed by atoms with E-state index in [0.717, 1.165) is 36.0 Å². The van der Waals surface area contributed by atoms with Crippen molar-refractivity contribution in [1.82, 2.24) is 9.78 Å². The molecule has 0 radical (unpaired) electrons. The predicted molar refractivity (Wildman–Crippen MR) is 77.4 cm³/mol. The lowest BCUT2D eigenvalue weighted by Gasteiger charge is -2.19. The summed E-state index contributed by atoms with van der Waals surface area (Å²) in [7, 11) is 0. The largest absolute Gasteiger partial charge is 0.486 e. The van der Waals surface area contributed by atoms with Crippen LogP contribution in [-0.4, -0.2) is 23.0 Å². The summed E-state index contributed by atoms with van der Waals surface area (Å²) in [6.45, 7) is 6.97. The van der Waals surface area contributed by atoms with Crippen molar-refractivity contribution >= 4 is 5.69 Å². The summed E-state index contributed by atoms with van der Waals surface area (Å²) in [5, 5.41) is 7.85. The van der Waals surface area contributed by atoms with Gasteiger partial charge in [-0.3, -0.25) is 4.68 Å². The Bertz CT molecular complexity index is 607. The molecule has 0 spiro atoms. The van der Waals surface area contributed by atoms with Crippen LogP contribution in [0.3, 0.4) is 0 Å². The summed E-state index contributed by atoms with van der Waals surface area (Å²) in [5.41, 5.74) is 3.25. The molecule has 0 aliphatic carbocycles. The van der Waals surface area contributed by atoms with Crippen molar-refractivity contribution in [2.24, 2.45) is 0 Å². The minimum Gasteiger partial charge on any atom is -0.486 e. The zero-order valence-electron chi connectivity index (χ0n) is 11.8. The molecule has 0 atom stereocenters. The number of anilines is 1. The minimum absolute atomic E-state index is 0.609. The van der Waals surface area contributed by atoms with E-state index in [4.69, 9.17) is 9.47 Å². The SMILES string of the molecule is CCn1nc(C)cc1CNc1ccc2c(c1)OCCO2. The highest BCUT2D eigenvalue weighted by Crippen LogP contribution is 2.32. The molecule has 2 heterocycles. The van der Waals surface area contributed by atoms with E-state index in [2.05, 4.69) is 23.4 Å². The first kappa shape index (κ1) is 12.8. The molecule has 0 bridgehead atoms. The van der Waals surface area contributed by atoms with Gasteiger partial charge in [0.1, 0.15) is 13.2 Å². The summed E-state index contributed by atoms with van der Waals surface area (Å²) < 4.78 is 13.1. The molecule has 0 saturated carbocycles. The third-order valence-corrected chi connectivity index (χ3v) is 3.30. The Labute approximate surface area is 118 Å². The second-order valence-corrected chi connectivity index (χ2v) is 4.80. The van der Waals surface area contributed by atoms with E-state index >= 15 is 0 Å². The Morgan fingerprint density at radius 3 is 2.80 bits per heavy atom. The van der Waals surface area contributed by atoms with Crippen LogP contribution in [0.1, 0.15) is 18.3 Å². The molecular weight excluding hydrogens is 254 g/mol. The highest BCUT2D eigenvalue weighted by molar-refractivity contribution is 5.55. The van der Waals surface area contributed by atoms with Crippen LogP contribution in [0.5, 0.6) is 11.5 Å². The maximum absolute atomic E-state index is 5.58. The molecule has 0 saturated heterocycles. The van der Waals surface area contributed by atoms with Crippen LogP contribution in [0.15, 0.2) is 24.3 Å². The van der Waals surface area contributed by atoms with Crippen LogP contribution in [0.2, 0.25) is 0 Å². The van der Waals surface area contributed by atoms with Crippen molar-refractivity contribution in [2.45, 2.75) is 26.9 Å². The molecule has 5 nitrogen and oxygen atoms in total. The maximum Gasteiger partial charge on any atom is 0.163 e. The molecule has 1 aromatic heterocycles. The molecule has 20 heavy (non-hydrogen) atoms. The molecule has 1 N–H and O–H groups in total. The first-order valence-electron chi connectivity index (χ1n) is 6.93. The van der Waals surface area contributed by atoms with Gasteiger partial charge in [-0.15, -0.1) is 0 Å². The number of fused-ring (bicyclic) bond motifs is 1. The number of hydrogen-bond donors (Lipinski definition) is 1. The highest BCUT2D eigenvalue weighted by Gasteiger charge is 2.12. The van der Waals surface area contributed by atoms with Crippen LogP contribution < -0.4 is 14.8 Å². The van der Waals surface area contributed by atoms with Crippen molar-refractivity contribution in [3.8, 4) is 11.5 Å². The number of aromatic nitrogens is 2. The van der Waals surface area contributed by atoms with E-state index < -0.39 is 0 Å². The number of hydrogen-bond acceptors (Lipinski definition) is 4. The second-order valence-electron chi connectivity index (χ2n) is 4.80. The fourth-order valence-electron chi connectivity index (χ4n) is 2.36. The Hall–Kier alpha value is -2.17.